The van der Waals surface area contributed by atoms with Crippen LogP contribution in [-0.2, 0) is 4.74 Å². The van der Waals surface area contributed by atoms with E-state index in [1.165, 1.54) is 0 Å². The molecule has 0 aliphatic heterocycles. The Kier molecular flexibility index (Phi) is 5.77. The number of carbonyl (C=O) groups is 1. The van der Waals surface area contributed by atoms with Crippen molar-refractivity contribution in [3.05, 3.63) is 53.6 Å². The molecule has 2 aromatic carbocycles. The van der Waals surface area contributed by atoms with Crippen LogP contribution in [0.2, 0.25) is 0 Å². The third kappa shape index (κ3) is 3.90. The predicted octanol–water partition coefficient (Wildman–Crippen LogP) is 3.82. The number of hydrogen-bond donors (Lipinski definition) is 1. The van der Waals surface area contributed by atoms with Gasteiger partial charge in [-0.25, -0.2) is 0 Å². The Morgan fingerprint density at radius 3 is 2.43 bits per heavy atom. The Labute approximate surface area is 137 Å². The smallest absolute Gasteiger partial charge is 0.251 e. The Balaban J connectivity index is 2.38. The van der Waals surface area contributed by atoms with Crippen molar-refractivity contribution in [3.63, 3.8) is 0 Å². The van der Waals surface area contributed by atoms with Gasteiger partial charge >= 0.3 is 0 Å². The summed E-state index contributed by atoms with van der Waals surface area (Å²) >= 11 is 0. The van der Waals surface area contributed by atoms with Gasteiger partial charge in [-0.1, -0.05) is 24.3 Å². The van der Waals surface area contributed by atoms with Gasteiger partial charge in [0.25, 0.3) is 5.91 Å². The van der Waals surface area contributed by atoms with Crippen molar-refractivity contribution in [1.29, 1.82) is 0 Å². The first-order chi connectivity index (χ1) is 11.1. The van der Waals surface area contributed by atoms with E-state index in [0.717, 1.165) is 22.4 Å². The first kappa shape index (κ1) is 17.0. The molecule has 4 heteroatoms. The van der Waals surface area contributed by atoms with Crippen LogP contribution in [-0.4, -0.2) is 26.7 Å². The highest BCUT2D eigenvalue weighted by Crippen LogP contribution is 2.32. The van der Waals surface area contributed by atoms with Crippen LogP contribution in [0, 0.1) is 0 Å². The molecule has 0 fully saturated rings. The van der Waals surface area contributed by atoms with E-state index < -0.39 is 0 Å². The minimum atomic E-state index is -0.115. The molecule has 4 nitrogen and oxygen atoms in total. The van der Waals surface area contributed by atoms with E-state index in [1.54, 1.807) is 20.2 Å². The molecule has 0 unspecified atom stereocenters. The Morgan fingerprint density at radius 2 is 1.87 bits per heavy atom. The molecule has 1 atom stereocenters. The highest BCUT2D eigenvalue weighted by molar-refractivity contribution is 5.96. The predicted molar refractivity (Wildman–Crippen MR) is 91.9 cm³/mol. The SMILES string of the molecule is CCO[C@H](C)c1ccc(-c2cc(C(=O)NC)ccc2OC)cc1. The van der Waals surface area contributed by atoms with Gasteiger partial charge in [-0.3, -0.25) is 4.79 Å². The van der Waals surface area contributed by atoms with Gasteiger partial charge in [0, 0.05) is 24.8 Å². The summed E-state index contributed by atoms with van der Waals surface area (Å²) < 4.78 is 11.0. The molecule has 0 radical (unpaired) electrons. The zero-order chi connectivity index (χ0) is 16.8. The molecule has 2 rings (SSSR count). The molecule has 1 amide bonds. The zero-order valence-corrected chi connectivity index (χ0v) is 14.1. The van der Waals surface area contributed by atoms with Crippen molar-refractivity contribution in [2.75, 3.05) is 20.8 Å². The highest BCUT2D eigenvalue weighted by Gasteiger charge is 2.12. The van der Waals surface area contributed by atoms with Crippen molar-refractivity contribution in [2.45, 2.75) is 20.0 Å². The molecule has 0 bridgehead atoms. The van der Waals surface area contributed by atoms with E-state index in [4.69, 9.17) is 9.47 Å². The van der Waals surface area contributed by atoms with Crippen LogP contribution in [0.15, 0.2) is 42.5 Å². The molecule has 0 saturated carbocycles. The number of ether oxygens (including phenoxy) is 2. The summed E-state index contributed by atoms with van der Waals surface area (Å²) in [5.41, 5.74) is 3.62. The molecule has 122 valence electrons. The van der Waals surface area contributed by atoms with Crippen LogP contribution in [0.5, 0.6) is 5.75 Å². The van der Waals surface area contributed by atoms with Crippen molar-refractivity contribution in [1.82, 2.24) is 5.32 Å². The number of hydrogen-bond acceptors (Lipinski definition) is 3. The monoisotopic (exact) mass is 313 g/mol. The van der Waals surface area contributed by atoms with Gasteiger partial charge in [-0.05, 0) is 43.2 Å². The fourth-order valence-corrected chi connectivity index (χ4v) is 2.50. The first-order valence-electron chi connectivity index (χ1n) is 7.72. The molecule has 1 N–H and O–H groups in total. The second-order valence-corrected chi connectivity index (χ2v) is 5.21. The molecule has 0 aliphatic rings. The molecule has 0 saturated heterocycles. The van der Waals surface area contributed by atoms with Crippen molar-refractivity contribution in [3.8, 4) is 16.9 Å². The summed E-state index contributed by atoms with van der Waals surface area (Å²) in [6, 6.07) is 13.6. The number of amides is 1. The summed E-state index contributed by atoms with van der Waals surface area (Å²) in [4.78, 5) is 11.8. The molecule has 2 aromatic rings. The van der Waals surface area contributed by atoms with E-state index in [-0.39, 0.29) is 12.0 Å². The maximum atomic E-state index is 11.8. The summed E-state index contributed by atoms with van der Waals surface area (Å²) in [5, 5.41) is 2.64. The second-order valence-electron chi connectivity index (χ2n) is 5.21. The van der Waals surface area contributed by atoms with E-state index in [1.807, 2.05) is 50.2 Å². The van der Waals surface area contributed by atoms with Gasteiger partial charge in [-0.15, -0.1) is 0 Å². The second kappa shape index (κ2) is 7.79. The largest absolute Gasteiger partial charge is 0.496 e. The topological polar surface area (TPSA) is 47.6 Å². The quantitative estimate of drug-likeness (QED) is 0.882. The maximum Gasteiger partial charge on any atom is 0.251 e. The average molecular weight is 313 g/mol. The Hall–Kier alpha value is -2.33. The molecular weight excluding hydrogens is 290 g/mol. The summed E-state index contributed by atoms with van der Waals surface area (Å²) in [7, 11) is 3.25. The number of methoxy groups -OCH3 is 1. The molecule has 0 aromatic heterocycles. The van der Waals surface area contributed by atoms with Crippen LogP contribution in [0.4, 0.5) is 0 Å². The lowest BCUT2D eigenvalue weighted by Crippen LogP contribution is -2.17. The average Bonchev–Trinajstić information content (AvgIpc) is 2.60. The fourth-order valence-electron chi connectivity index (χ4n) is 2.50. The van der Waals surface area contributed by atoms with E-state index in [9.17, 15) is 4.79 Å². The normalized spacial score (nSPS) is 11.8. The molecule has 0 aliphatic carbocycles. The molecule has 0 heterocycles. The van der Waals surface area contributed by atoms with Crippen molar-refractivity contribution < 1.29 is 14.3 Å². The summed E-state index contributed by atoms with van der Waals surface area (Å²) in [6.07, 6.45) is 0.0631. The van der Waals surface area contributed by atoms with Gasteiger partial charge in [0.05, 0.1) is 13.2 Å². The van der Waals surface area contributed by atoms with E-state index in [2.05, 4.69) is 5.32 Å². The van der Waals surface area contributed by atoms with Crippen LogP contribution in [0.25, 0.3) is 11.1 Å². The third-order valence-corrected chi connectivity index (χ3v) is 3.80. The van der Waals surface area contributed by atoms with E-state index >= 15 is 0 Å². The minimum absolute atomic E-state index is 0.0631. The van der Waals surface area contributed by atoms with Gasteiger partial charge in [0.2, 0.25) is 0 Å². The molecular formula is C19H23NO3. The number of carbonyl (C=O) groups excluding carboxylic acids is 1. The number of nitrogens with one attached hydrogen (secondary N) is 1. The maximum absolute atomic E-state index is 11.8. The van der Waals surface area contributed by atoms with Crippen LogP contribution in [0.3, 0.4) is 0 Å². The van der Waals surface area contributed by atoms with Crippen LogP contribution >= 0.6 is 0 Å². The van der Waals surface area contributed by atoms with Gasteiger partial charge < -0.3 is 14.8 Å². The highest BCUT2D eigenvalue weighted by atomic mass is 16.5. The minimum Gasteiger partial charge on any atom is -0.496 e. The van der Waals surface area contributed by atoms with Crippen molar-refractivity contribution in [2.24, 2.45) is 0 Å². The zero-order valence-electron chi connectivity index (χ0n) is 14.1. The Morgan fingerprint density at radius 1 is 1.17 bits per heavy atom. The van der Waals surface area contributed by atoms with Crippen molar-refractivity contribution >= 4 is 5.91 Å². The van der Waals surface area contributed by atoms with Crippen LogP contribution < -0.4 is 10.1 Å². The van der Waals surface area contributed by atoms with Crippen LogP contribution in [0.1, 0.15) is 35.9 Å². The van der Waals surface area contributed by atoms with Gasteiger partial charge in [-0.2, -0.15) is 0 Å². The molecule has 0 spiro atoms. The van der Waals surface area contributed by atoms with Gasteiger partial charge in [0.1, 0.15) is 5.75 Å². The Bertz CT molecular complexity index is 665. The fraction of sp³-hybridized carbons (Fsp3) is 0.316. The lowest BCUT2D eigenvalue weighted by molar-refractivity contribution is 0.0764. The van der Waals surface area contributed by atoms with E-state index in [0.29, 0.717) is 12.2 Å². The third-order valence-electron chi connectivity index (χ3n) is 3.80. The van der Waals surface area contributed by atoms with Gasteiger partial charge in [0.15, 0.2) is 0 Å². The summed E-state index contributed by atoms with van der Waals surface area (Å²) in [5.74, 6) is 0.624. The number of benzene rings is 2. The lowest BCUT2D eigenvalue weighted by atomic mass is 9.99. The lowest BCUT2D eigenvalue weighted by Gasteiger charge is -2.14. The summed E-state index contributed by atoms with van der Waals surface area (Å²) in [6.45, 7) is 4.70. The standard InChI is InChI=1S/C19H23NO3/c1-5-23-13(2)14-6-8-15(9-7-14)17-12-16(19(21)20-3)10-11-18(17)22-4/h6-13H,5H2,1-4H3,(H,20,21)/t13-/m1/s1. The number of rotatable bonds is 6. The first-order valence-corrected chi connectivity index (χ1v) is 7.72. The molecule has 23 heavy (non-hydrogen) atoms.